The number of nitrogens with one attached hydrogen (secondary N) is 1. The van der Waals surface area contributed by atoms with Crippen LogP contribution in [0.2, 0.25) is 0 Å². The van der Waals surface area contributed by atoms with E-state index >= 15 is 0 Å². The maximum atomic E-state index is 7.00. The van der Waals surface area contributed by atoms with E-state index in [4.69, 9.17) is 5.41 Å². The summed E-state index contributed by atoms with van der Waals surface area (Å²) < 4.78 is 0. The van der Waals surface area contributed by atoms with Gasteiger partial charge in [0.05, 0.1) is 11.3 Å². The predicted octanol–water partition coefficient (Wildman–Crippen LogP) is 1.55. The maximum absolute atomic E-state index is 7.00. The summed E-state index contributed by atoms with van der Waals surface area (Å²) in [7, 11) is 0. The zero-order chi connectivity index (χ0) is 10.1. The average molecular weight is 208 g/mol. The second-order valence-corrected chi connectivity index (χ2v) is 4.86. The molecule has 0 saturated heterocycles. The molecule has 0 atom stereocenters. The van der Waals surface area contributed by atoms with Crippen molar-refractivity contribution in [3.63, 3.8) is 0 Å². The summed E-state index contributed by atoms with van der Waals surface area (Å²) in [5.74, 6) is 1.64. The molecule has 0 aliphatic carbocycles. The summed E-state index contributed by atoms with van der Waals surface area (Å²) in [6.45, 7) is 4.34. The number of thiazole rings is 1. The van der Waals surface area contributed by atoms with Crippen LogP contribution in [-0.4, -0.2) is 11.2 Å². The van der Waals surface area contributed by atoms with Crippen molar-refractivity contribution in [2.24, 2.45) is 0 Å². The van der Waals surface area contributed by atoms with Crippen LogP contribution >= 0.6 is 11.3 Å². The van der Waals surface area contributed by atoms with Crippen LogP contribution in [0.4, 0.5) is 5.82 Å². The molecule has 1 aromatic rings. The zero-order valence-corrected chi connectivity index (χ0v) is 9.19. The molecule has 0 bridgehead atoms. The lowest BCUT2D eigenvalue weighted by Gasteiger charge is -1.96. The standard InChI is InChI=1S/C10H13N3S/c1-6(2)10-13-9-8(14-10)5-7(12-9)3-4-11/h3-4,6,11-12H,5H2,1-2H3/p+1/b7-3-,11-4?. The van der Waals surface area contributed by atoms with E-state index in [1.54, 1.807) is 11.3 Å². The number of aromatic nitrogens is 1. The Morgan fingerprint density at radius 3 is 2.93 bits per heavy atom. The van der Waals surface area contributed by atoms with E-state index < -0.39 is 0 Å². The minimum atomic E-state index is 0.522. The topological polar surface area (TPSA) is 53.4 Å². The largest absolute Gasteiger partial charge is 0.309 e. The first-order valence-corrected chi connectivity index (χ1v) is 5.56. The molecule has 0 radical (unpaired) electrons. The van der Waals surface area contributed by atoms with Crippen molar-refractivity contribution in [1.82, 2.24) is 4.98 Å². The van der Waals surface area contributed by atoms with Crippen molar-refractivity contribution in [2.45, 2.75) is 26.2 Å². The lowest BCUT2D eigenvalue weighted by Crippen LogP contribution is -2.73. The Bertz CT molecular complexity index is 365. The third kappa shape index (κ3) is 1.63. The number of quaternary nitrogens is 1. The van der Waals surface area contributed by atoms with Gasteiger partial charge in [-0.1, -0.05) is 13.8 Å². The van der Waals surface area contributed by atoms with Gasteiger partial charge in [0.2, 0.25) is 5.82 Å². The van der Waals surface area contributed by atoms with E-state index in [-0.39, 0.29) is 0 Å². The van der Waals surface area contributed by atoms with Crippen LogP contribution in [-0.2, 0) is 6.42 Å². The van der Waals surface area contributed by atoms with Crippen LogP contribution in [0.5, 0.6) is 0 Å². The normalized spacial score (nSPS) is 17.8. The van der Waals surface area contributed by atoms with Gasteiger partial charge >= 0.3 is 0 Å². The van der Waals surface area contributed by atoms with Gasteiger partial charge in [0.25, 0.3) is 0 Å². The van der Waals surface area contributed by atoms with Crippen molar-refractivity contribution >= 4 is 23.4 Å². The first-order valence-electron chi connectivity index (χ1n) is 4.74. The lowest BCUT2D eigenvalue weighted by atomic mass is 10.2. The van der Waals surface area contributed by atoms with Crippen LogP contribution in [0.15, 0.2) is 11.8 Å². The molecule has 3 nitrogen and oxygen atoms in total. The van der Waals surface area contributed by atoms with E-state index in [1.807, 2.05) is 6.08 Å². The molecule has 0 saturated carbocycles. The molecule has 3 N–H and O–H groups in total. The molecule has 0 fully saturated rings. The highest BCUT2D eigenvalue weighted by Crippen LogP contribution is 2.29. The molecule has 1 aliphatic heterocycles. The summed E-state index contributed by atoms with van der Waals surface area (Å²) in [6.07, 6.45) is 4.13. The molecule has 2 rings (SSSR count). The Hall–Kier alpha value is -1.00. The van der Waals surface area contributed by atoms with Crippen molar-refractivity contribution in [2.75, 3.05) is 0 Å². The van der Waals surface area contributed by atoms with Gasteiger partial charge in [-0.2, -0.15) is 4.98 Å². The van der Waals surface area contributed by atoms with E-state index in [0.29, 0.717) is 5.92 Å². The Balaban J connectivity index is 2.24. The molecular formula is C10H14N3S+. The SMILES string of the molecule is CC(C)c1nc2c(s1)C/C(=C/C=N)[NH2+]2. The summed E-state index contributed by atoms with van der Waals surface area (Å²) in [6, 6.07) is 0. The summed E-state index contributed by atoms with van der Waals surface area (Å²) in [5.41, 5.74) is 1.20. The average Bonchev–Trinajstić information content (AvgIpc) is 2.61. The highest BCUT2D eigenvalue weighted by Gasteiger charge is 2.25. The van der Waals surface area contributed by atoms with E-state index in [2.05, 4.69) is 24.1 Å². The first kappa shape index (κ1) is 9.55. The lowest BCUT2D eigenvalue weighted by molar-refractivity contribution is -0.514. The van der Waals surface area contributed by atoms with Crippen LogP contribution in [0.25, 0.3) is 0 Å². The van der Waals surface area contributed by atoms with Crippen molar-refractivity contribution in [1.29, 1.82) is 5.41 Å². The summed E-state index contributed by atoms with van der Waals surface area (Å²) in [5, 5.41) is 10.3. The monoisotopic (exact) mass is 208 g/mol. The van der Waals surface area contributed by atoms with Crippen molar-refractivity contribution in [3.8, 4) is 0 Å². The molecule has 0 amide bonds. The van der Waals surface area contributed by atoms with E-state index in [0.717, 1.165) is 12.2 Å². The summed E-state index contributed by atoms with van der Waals surface area (Å²) in [4.78, 5) is 5.92. The first-order chi connectivity index (χ1) is 6.70. The predicted molar refractivity (Wildman–Crippen MR) is 58.4 cm³/mol. The van der Waals surface area contributed by atoms with Crippen LogP contribution in [0, 0.1) is 5.41 Å². The molecule has 0 unspecified atom stereocenters. The molecule has 0 aromatic carbocycles. The molecular weight excluding hydrogens is 194 g/mol. The van der Waals surface area contributed by atoms with Crippen LogP contribution < -0.4 is 5.32 Å². The number of nitrogens with zero attached hydrogens (tertiary/aromatic N) is 1. The van der Waals surface area contributed by atoms with Gasteiger partial charge < -0.3 is 5.41 Å². The fraction of sp³-hybridized carbons (Fsp3) is 0.400. The number of hydrogen-bond donors (Lipinski definition) is 2. The van der Waals surface area contributed by atoms with Gasteiger partial charge in [-0.05, 0) is 0 Å². The van der Waals surface area contributed by atoms with Gasteiger partial charge in [0.15, 0.2) is 0 Å². The fourth-order valence-corrected chi connectivity index (χ4v) is 2.57. The highest BCUT2D eigenvalue weighted by molar-refractivity contribution is 7.12. The van der Waals surface area contributed by atoms with Gasteiger partial charge in [-0.3, -0.25) is 5.32 Å². The van der Waals surface area contributed by atoms with E-state index in [1.165, 1.54) is 21.8 Å². The zero-order valence-electron chi connectivity index (χ0n) is 8.37. The molecule has 2 heterocycles. The van der Waals surface area contributed by atoms with E-state index in [9.17, 15) is 0 Å². The summed E-state index contributed by atoms with van der Waals surface area (Å²) >= 11 is 1.80. The maximum Gasteiger partial charge on any atom is 0.244 e. The second-order valence-electron chi connectivity index (χ2n) is 3.74. The van der Waals surface area contributed by atoms with Gasteiger partial charge in [-0.25, -0.2) is 0 Å². The quantitative estimate of drug-likeness (QED) is 0.712. The number of fused-ring (bicyclic) bond motifs is 1. The minimum absolute atomic E-state index is 0.522. The Kier molecular flexibility index (Phi) is 2.48. The number of rotatable bonds is 2. The van der Waals surface area contributed by atoms with Crippen molar-refractivity contribution < 1.29 is 5.32 Å². The minimum Gasteiger partial charge on any atom is -0.309 e. The molecule has 74 valence electrons. The smallest absolute Gasteiger partial charge is 0.244 e. The fourth-order valence-electron chi connectivity index (χ4n) is 1.49. The Labute approximate surface area is 87.4 Å². The number of allylic oxidation sites excluding steroid dienone is 2. The molecule has 4 heteroatoms. The van der Waals surface area contributed by atoms with Crippen LogP contribution in [0.3, 0.4) is 0 Å². The third-order valence-electron chi connectivity index (χ3n) is 2.22. The molecule has 1 aromatic heterocycles. The van der Waals surface area contributed by atoms with Crippen molar-refractivity contribution in [3.05, 3.63) is 21.7 Å². The Morgan fingerprint density at radius 2 is 2.36 bits per heavy atom. The number of nitrogens with two attached hydrogens (primary N) is 1. The van der Waals surface area contributed by atoms with Gasteiger partial charge in [0.1, 0.15) is 10.7 Å². The Morgan fingerprint density at radius 1 is 1.57 bits per heavy atom. The molecule has 1 aliphatic rings. The second kappa shape index (κ2) is 3.63. The molecule has 0 spiro atoms. The number of hydrogen-bond acceptors (Lipinski definition) is 3. The third-order valence-corrected chi connectivity index (χ3v) is 3.59. The highest BCUT2D eigenvalue weighted by atomic mass is 32.1. The van der Waals surface area contributed by atoms with Gasteiger partial charge in [0, 0.05) is 18.2 Å². The molecule has 14 heavy (non-hydrogen) atoms. The van der Waals surface area contributed by atoms with Crippen LogP contribution in [0.1, 0.15) is 29.7 Å². The van der Waals surface area contributed by atoms with Gasteiger partial charge in [-0.15, -0.1) is 11.3 Å².